The number of rotatable bonds is 6. The van der Waals surface area contributed by atoms with Crippen molar-refractivity contribution in [3.05, 3.63) is 78.1 Å². The molecule has 0 bridgehead atoms. The molecule has 31 heavy (non-hydrogen) atoms. The summed E-state index contributed by atoms with van der Waals surface area (Å²) in [5, 5.41) is 3.74. The molecule has 0 aliphatic heterocycles. The Morgan fingerprint density at radius 2 is 1.48 bits per heavy atom. The van der Waals surface area contributed by atoms with E-state index < -0.39 is 12.2 Å². The van der Waals surface area contributed by atoms with Gasteiger partial charge in [-0.25, -0.2) is 4.39 Å². The van der Waals surface area contributed by atoms with Crippen LogP contribution in [0.4, 0.5) is 17.6 Å². The normalized spacial score (nSPS) is 11.9. The van der Waals surface area contributed by atoms with Crippen LogP contribution in [0.5, 0.6) is 5.75 Å². The van der Waals surface area contributed by atoms with E-state index in [2.05, 4.69) is 23.8 Å². The van der Waals surface area contributed by atoms with Crippen molar-refractivity contribution in [2.75, 3.05) is 0 Å². The van der Waals surface area contributed by atoms with Crippen LogP contribution in [0.3, 0.4) is 0 Å². The third-order valence-corrected chi connectivity index (χ3v) is 5.46. The Morgan fingerprint density at radius 3 is 2.16 bits per heavy atom. The topological polar surface area (TPSA) is 9.23 Å². The molecule has 0 atom stereocenters. The second-order valence-electron chi connectivity index (χ2n) is 7.70. The molecule has 0 saturated heterocycles. The van der Waals surface area contributed by atoms with Gasteiger partial charge in [-0.1, -0.05) is 62.2 Å². The molecule has 0 heterocycles. The standard InChI is InChI=1S/C26H22F4O/c1-2-3-4-5-17-6-13-22-19(14-17)7-8-20-15-24(25(27)16-23(20)22)18-9-11-21(12-10-18)31-26(28,29)30/h6-16H,2-5H2,1H3. The lowest BCUT2D eigenvalue weighted by atomic mass is 9.95. The van der Waals surface area contributed by atoms with Gasteiger partial charge in [0.05, 0.1) is 0 Å². The molecule has 0 saturated carbocycles. The first-order valence-electron chi connectivity index (χ1n) is 10.3. The molecule has 4 rings (SSSR count). The zero-order valence-electron chi connectivity index (χ0n) is 17.1. The lowest BCUT2D eigenvalue weighted by Crippen LogP contribution is -2.16. The zero-order valence-corrected chi connectivity index (χ0v) is 17.1. The van der Waals surface area contributed by atoms with Crippen LogP contribution in [-0.4, -0.2) is 6.36 Å². The van der Waals surface area contributed by atoms with Crippen LogP contribution in [0.2, 0.25) is 0 Å². The van der Waals surface area contributed by atoms with Crippen molar-refractivity contribution in [2.24, 2.45) is 0 Å². The fourth-order valence-electron chi connectivity index (χ4n) is 3.93. The Hall–Kier alpha value is -3.08. The highest BCUT2D eigenvalue weighted by Gasteiger charge is 2.31. The monoisotopic (exact) mass is 426 g/mol. The average molecular weight is 426 g/mol. The molecule has 0 aliphatic rings. The highest BCUT2D eigenvalue weighted by Crippen LogP contribution is 2.34. The van der Waals surface area contributed by atoms with Crippen molar-refractivity contribution < 1.29 is 22.3 Å². The number of hydrogen-bond acceptors (Lipinski definition) is 1. The van der Waals surface area contributed by atoms with Gasteiger partial charge in [-0.3, -0.25) is 0 Å². The number of unbranched alkanes of at least 4 members (excludes halogenated alkanes) is 2. The summed E-state index contributed by atoms with van der Waals surface area (Å²) in [7, 11) is 0. The second kappa shape index (κ2) is 8.58. The lowest BCUT2D eigenvalue weighted by molar-refractivity contribution is -0.274. The van der Waals surface area contributed by atoms with Crippen LogP contribution < -0.4 is 4.74 Å². The molecule has 5 heteroatoms. The van der Waals surface area contributed by atoms with E-state index in [1.54, 1.807) is 6.07 Å². The first-order valence-corrected chi connectivity index (χ1v) is 10.3. The predicted octanol–water partition coefficient (Wildman–Crippen LogP) is 8.43. The molecule has 0 amide bonds. The molecular weight excluding hydrogens is 404 g/mol. The first kappa shape index (κ1) is 21.2. The minimum Gasteiger partial charge on any atom is -0.406 e. The Bertz CT molecular complexity index is 1210. The number of fused-ring (bicyclic) bond motifs is 3. The quantitative estimate of drug-likeness (QED) is 0.171. The molecular formula is C26H22F4O. The van der Waals surface area contributed by atoms with E-state index in [0.717, 1.165) is 34.4 Å². The number of benzene rings is 4. The summed E-state index contributed by atoms with van der Waals surface area (Å²) >= 11 is 0. The van der Waals surface area contributed by atoms with Crippen LogP contribution in [-0.2, 0) is 6.42 Å². The van der Waals surface area contributed by atoms with E-state index in [9.17, 15) is 17.6 Å². The molecule has 0 fully saturated rings. The van der Waals surface area contributed by atoms with E-state index in [4.69, 9.17) is 0 Å². The van der Waals surface area contributed by atoms with Gasteiger partial charge in [-0.05, 0) is 69.8 Å². The van der Waals surface area contributed by atoms with Crippen LogP contribution in [0.25, 0.3) is 32.7 Å². The molecule has 0 unspecified atom stereocenters. The van der Waals surface area contributed by atoms with Gasteiger partial charge in [0.1, 0.15) is 11.6 Å². The van der Waals surface area contributed by atoms with E-state index >= 15 is 0 Å². The number of ether oxygens (including phenoxy) is 1. The summed E-state index contributed by atoms with van der Waals surface area (Å²) in [6.07, 6.45) is -0.193. The summed E-state index contributed by atoms with van der Waals surface area (Å²) in [6, 6.07) is 18.8. The van der Waals surface area contributed by atoms with E-state index in [0.29, 0.717) is 11.1 Å². The number of alkyl halides is 3. The van der Waals surface area contributed by atoms with Gasteiger partial charge >= 0.3 is 6.36 Å². The number of hydrogen-bond donors (Lipinski definition) is 0. The van der Waals surface area contributed by atoms with E-state index in [1.807, 2.05) is 18.2 Å². The fraction of sp³-hybridized carbons (Fsp3) is 0.231. The van der Waals surface area contributed by atoms with Gasteiger partial charge in [0.15, 0.2) is 0 Å². The molecule has 160 valence electrons. The molecule has 0 radical (unpaired) electrons. The molecule has 0 spiro atoms. The predicted molar refractivity (Wildman–Crippen MR) is 117 cm³/mol. The SMILES string of the molecule is CCCCCc1ccc2c(ccc3cc(-c4ccc(OC(F)(F)F)cc4)c(F)cc32)c1. The van der Waals surface area contributed by atoms with Gasteiger partial charge in [0.2, 0.25) is 0 Å². The zero-order chi connectivity index (χ0) is 22.0. The van der Waals surface area contributed by atoms with E-state index in [1.165, 1.54) is 48.7 Å². The van der Waals surface area contributed by atoms with Crippen molar-refractivity contribution in [2.45, 2.75) is 39.0 Å². The molecule has 0 aliphatic carbocycles. The van der Waals surface area contributed by atoms with Crippen molar-refractivity contribution in [1.82, 2.24) is 0 Å². The van der Waals surface area contributed by atoms with Crippen molar-refractivity contribution >= 4 is 21.5 Å². The highest BCUT2D eigenvalue weighted by atomic mass is 19.4. The Labute approximate surface area is 178 Å². The second-order valence-corrected chi connectivity index (χ2v) is 7.70. The maximum atomic E-state index is 15.0. The van der Waals surface area contributed by atoms with Crippen LogP contribution in [0.15, 0.2) is 66.7 Å². The molecule has 1 nitrogen and oxygen atoms in total. The third-order valence-electron chi connectivity index (χ3n) is 5.46. The van der Waals surface area contributed by atoms with Crippen molar-refractivity contribution in [3.8, 4) is 16.9 Å². The van der Waals surface area contributed by atoms with Gasteiger partial charge < -0.3 is 4.74 Å². The minimum atomic E-state index is -4.76. The smallest absolute Gasteiger partial charge is 0.406 e. The first-order chi connectivity index (χ1) is 14.8. The molecule has 4 aromatic rings. The maximum absolute atomic E-state index is 15.0. The van der Waals surface area contributed by atoms with E-state index in [-0.39, 0.29) is 5.75 Å². The van der Waals surface area contributed by atoms with Crippen LogP contribution >= 0.6 is 0 Å². The third kappa shape index (κ3) is 4.82. The summed E-state index contributed by atoms with van der Waals surface area (Å²) in [5.41, 5.74) is 2.10. The van der Waals surface area contributed by atoms with Gasteiger partial charge in [0, 0.05) is 5.56 Å². The van der Waals surface area contributed by atoms with Gasteiger partial charge in [0.25, 0.3) is 0 Å². The minimum absolute atomic E-state index is 0.335. The maximum Gasteiger partial charge on any atom is 0.573 e. The molecule has 0 aromatic heterocycles. The Kier molecular flexibility index (Phi) is 5.86. The Morgan fingerprint density at radius 1 is 0.774 bits per heavy atom. The van der Waals surface area contributed by atoms with Crippen LogP contribution in [0.1, 0.15) is 31.7 Å². The summed E-state index contributed by atoms with van der Waals surface area (Å²) in [6.45, 7) is 2.18. The fourth-order valence-corrected chi connectivity index (χ4v) is 3.93. The van der Waals surface area contributed by atoms with Crippen molar-refractivity contribution in [1.29, 1.82) is 0 Å². The van der Waals surface area contributed by atoms with Crippen molar-refractivity contribution in [3.63, 3.8) is 0 Å². The molecule has 4 aromatic carbocycles. The lowest BCUT2D eigenvalue weighted by Gasteiger charge is -2.12. The van der Waals surface area contributed by atoms with Gasteiger partial charge in [-0.2, -0.15) is 0 Å². The summed E-state index contributed by atoms with van der Waals surface area (Å²) in [4.78, 5) is 0. The molecule has 0 N–H and O–H groups in total. The summed E-state index contributed by atoms with van der Waals surface area (Å²) in [5.74, 6) is -0.755. The largest absolute Gasteiger partial charge is 0.573 e. The highest BCUT2D eigenvalue weighted by molar-refractivity contribution is 6.08. The average Bonchev–Trinajstić information content (AvgIpc) is 2.73. The van der Waals surface area contributed by atoms with Gasteiger partial charge in [-0.15, -0.1) is 13.2 Å². The number of halogens is 4. The number of aryl methyl sites for hydroxylation is 1. The summed E-state index contributed by atoms with van der Waals surface area (Å²) < 4.78 is 55.9. The van der Waals surface area contributed by atoms with Crippen LogP contribution in [0, 0.1) is 5.82 Å². The Balaban J connectivity index is 1.68.